The zero-order valence-corrected chi connectivity index (χ0v) is 8.60. The van der Waals surface area contributed by atoms with Crippen molar-refractivity contribution in [2.45, 2.75) is 26.4 Å². The Balaban J connectivity index is 1.93. The van der Waals surface area contributed by atoms with Crippen LogP contribution < -0.4 is 5.73 Å². The minimum atomic E-state index is 0.281. The van der Waals surface area contributed by atoms with E-state index in [0.717, 1.165) is 25.5 Å². The summed E-state index contributed by atoms with van der Waals surface area (Å²) in [6.45, 7) is 6.67. The zero-order valence-electron chi connectivity index (χ0n) is 8.60. The van der Waals surface area contributed by atoms with Crippen LogP contribution in [0.15, 0.2) is 4.52 Å². The van der Waals surface area contributed by atoms with Crippen LogP contribution in [-0.4, -0.2) is 34.2 Å². The van der Waals surface area contributed by atoms with Gasteiger partial charge < -0.3 is 10.3 Å². The molecule has 2 heterocycles. The van der Waals surface area contributed by atoms with Gasteiger partial charge in [0.2, 0.25) is 5.89 Å². The van der Waals surface area contributed by atoms with Gasteiger partial charge in [0.05, 0.1) is 6.54 Å². The summed E-state index contributed by atoms with van der Waals surface area (Å²) in [5, 5.41) is 3.86. The summed E-state index contributed by atoms with van der Waals surface area (Å²) in [6.07, 6.45) is 0. The Labute approximate surface area is 83.3 Å². The molecule has 1 aromatic rings. The molecule has 2 atom stereocenters. The summed E-state index contributed by atoms with van der Waals surface area (Å²) in [6, 6.07) is 0.281. The van der Waals surface area contributed by atoms with E-state index in [-0.39, 0.29) is 6.04 Å². The fourth-order valence-corrected chi connectivity index (χ4v) is 1.83. The van der Waals surface area contributed by atoms with E-state index < -0.39 is 0 Å². The Morgan fingerprint density at radius 1 is 1.57 bits per heavy atom. The average Bonchev–Trinajstić information content (AvgIpc) is 2.62. The number of hydrogen-bond acceptors (Lipinski definition) is 5. The highest BCUT2D eigenvalue weighted by Gasteiger charge is 2.27. The third kappa shape index (κ3) is 1.93. The van der Waals surface area contributed by atoms with Gasteiger partial charge in [-0.05, 0) is 5.92 Å². The molecule has 1 aliphatic heterocycles. The molecule has 2 rings (SSSR count). The predicted molar refractivity (Wildman–Crippen MR) is 51.5 cm³/mol. The summed E-state index contributed by atoms with van der Waals surface area (Å²) in [5.74, 6) is 1.93. The molecule has 1 fully saturated rings. The van der Waals surface area contributed by atoms with Gasteiger partial charge in [-0.15, -0.1) is 0 Å². The van der Waals surface area contributed by atoms with Crippen LogP contribution in [-0.2, 0) is 6.54 Å². The van der Waals surface area contributed by atoms with Crippen molar-refractivity contribution in [3.8, 4) is 0 Å². The van der Waals surface area contributed by atoms with Crippen molar-refractivity contribution < 1.29 is 4.52 Å². The first-order valence-corrected chi connectivity index (χ1v) is 4.92. The van der Waals surface area contributed by atoms with E-state index in [4.69, 9.17) is 10.3 Å². The van der Waals surface area contributed by atoms with Gasteiger partial charge in [-0.25, -0.2) is 0 Å². The lowest BCUT2D eigenvalue weighted by Gasteiger charge is -2.11. The van der Waals surface area contributed by atoms with Crippen LogP contribution in [0.1, 0.15) is 18.6 Å². The molecule has 0 spiro atoms. The van der Waals surface area contributed by atoms with Crippen LogP contribution in [0.3, 0.4) is 0 Å². The standard InChI is InChI=1S/C9H16N4O/c1-6-3-13(4-8(6)10)5-9-11-7(2)14-12-9/h6,8H,3-5,10H2,1-2H3. The number of nitrogens with two attached hydrogens (primary N) is 1. The Bertz CT molecular complexity index is 302. The molecule has 2 unspecified atom stereocenters. The smallest absolute Gasteiger partial charge is 0.223 e. The van der Waals surface area contributed by atoms with Crippen LogP contribution in [0.4, 0.5) is 0 Å². The van der Waals surface area contributed by atoms with Crippen LogP contribution in [0.2, 0.25) is 0 Å². The third-order valence-corrected chi connectivity index (χ3v) is 2.68. The lowest BCUT2D eigenvalue weighted by atomic mass is 10.1. The normalized spacial score (nSPS) is 28.5. The lowest BCUT2D eigenvalue weighted by Crippen LogP contribution is -2.28. The van der Waals surface area contributed by atoms with Crippen LogP contribution in [0.5, 0.6) is 0 Å². The Kier molecular flexibility index (Phi) is 2.52. The topological polar surface area (TPSA) is 68.2 Å². The molecule has 78 valence electrons. The quantitative estimate of drug-likeness (QED) is 0.729. The molecule has 5 heteroatoms. The van der Waals surface area contributed by atoms with Gasteiger partial charge in [-0.2, -0.15) is 4.98 Å². The molecule has 0 aliphatic carbocycles. The SMILES string of the molecule is Cc1nc(CN2CC(C)C(N)C2)no1. The van der Waals surface area contributed by atoms with Gasteiger partial charge in [0.15, 0.2) is 5.82 Å². The summed E-state index contributed by atoms with van der Waals surface area (Å²) in [5.41, 5.74) is 5.92. The molecule has 2 N–H and O–H groups in total. The number of rotatable bonds is 2. The molecule has 1 aliphatic rings. The van der Waals surface area contributed by atoms with Crippen molar-refractivity contribution in [3.05, 3.63) is 11.7 Å². The Morgan fingerprint density at radius 2 is 2.36 bits per heavy atom. The van der Waals surface area contributed by atoms with Gasteiger partial charge in [0.1, 0.15) is 0 Å². The average molecular weight is 196 g/mol. The van der Waals surface area contributed by atoms with E-state index in [2.05, 4.69) is 22.0 Å². The fraction of sp³-hybridized carbons (Fsp3) is 0.778. The van der Waals surface area contributed by atoms with Crippen molar-refractivity contribution in [2.75, 3.05) is 13.1 Å². The molecule has 1 saturated heterocycles. The summed E-state index contributed by atoms with van der Waals surface area (Å²) in [7, 11) is 0. The third-order valence-electron chi connectivity index (χ3n) is 2.68. The molecule has 0 aromatic carbocycles. The van der Waals surface area contributed by atoms with Crippen molar-refractivity contribution in [1.29, 1.82) is 0 Å². The molecule has 0 saturated carbocycles. The minimum Gasteiger partial charge on any atom is -0.340 e. The molecule has 0 amide bonds. The molecular formula is C9H16N4O. The maximum Gasteiger partial charge on any atom is 0.223 e. The molecule has 14 heavy (non-hydrogen) atoms. The minimum absolute atomic E-state index is 0.281. The van der Waals surface area contributed by atoms with E-state index in [1.54, 1.807) is 6.92 Å². The van der Waals surface area contributed by atoms with Gasteiger partial charge in [0, 0.05) is 26.1 Å². The number of aryl methyl sites for hydroxylation is 1. The van der Waals surface area contributed by atoms with Gasteiger partial charge in [-0.3, -0.25) is 4.90 Å². The number of nitrogens with zero attached hydrogens (tertiary/aromatic N) is 3. The summed E-state index contributed by atoms with van der Waals surface area (Å²) in [4.78, 5) is 6.43. The van der Waals surface area contributed by atoms with Crippen molar-refractivity contribution in [1.82, 2.24) is 15.0 Å². The highest BCUT2D eigenvalue weighted by atomic mass is 16.5. The molecule has 0 bridgehead atoms. The fourth-order valence-electron chi connectivity index (χ4n) is 1.83. The largest absolute Gasteiger partial charge is 0.340 e. The first kappa shape index (κ1) is 9.61. The number of hydrogen-bond donors (Lipinski definition) is 1. The van der Waals surface area contributed by atoms with Crippen molar-refractivity contribution in [3.63, 3.8) is 0 Å². The first-order chi connectivity index (χ1) is 6.65. The van der Waals surface area contributed by atoms with E-state index in [1.807, 2.05) is 0 Å². The van der Waals surface area contributed by atoms with Crippen LogP contribution in [0, 0.1) is 12.8 Å². The van der Waals surface area contributed by atoms with Crippen LogP contribution >= 0.6 is 0 Å². The highest BCUT2D eigenvalue weighted by molar-refractivity contribution is 4.89. The van der Waals surface area contributed by atoms with Gasteiger partial charge >= 0.3 is 0 Å². The molecular weight excluding hydrogens is 180 g/mol. The highest BCUT2D eigenvalue weighted by Crippen LogP contribution is 2.15. The molecule has 1 aromatic heterocycles. The maximum atomic E-state index is 5.92. The van der Waals surface area contributed by atoms with Gasteiger partial charge in [0.25, 0.3) is 0 Å². The van der Waals surface area contributed by atoms with E-state index in [9.17, 15) is 0 Å². The van der Waals surface area contributed by atoms with Gasteiger partial charge in [-0.1, -0.05) is 12.1 Å². The molecule has 5 nitrogen and oxygen atoms in total. The van der Waals surface area contributed by atoms with Crippen LogP contribution in [0.25, 0.3) is 0 Å². The maximum absolute atomic E-state index is 5.92. The Morgan fingerprint density at radius 3 is 2.86 bits per heavy atom. The van der Waals surface area contributed by atoms with E-state index in [1.165, 1.54) is 0 Å². The Hall–Kier alpha value is -0.940. The summed E-state index contributed by atoms with van der Waals surface area (Å²) >= 11 is 0. The number of likely N-dealkylation sites (tertiary alicyclic amines) is 1. The predicted octanol–water partition coefficient (Wildman–Crippen LogP) is 0.157. The van der Waals surface area contributed by atoms with E-state index in [0.29, 0.717) is 11.8 Å². The van der Waals surface area contributed by atoms with Crippen molar-refractivity contribution in [2.24, 2.45) is 11.7 Å². The van der Waals surface area contributed by atoms with E-state index >= 15 is 0 Å². The lowest BCUT2D eigenvalue weighted by molar-refractivity contribution is 0.300. The second kappa shape index (κ2) is 3.67. The monoisotopic (exact) mass is 196 g/mol. The number of aromatic nitrogens is 2. The second-order valence-corrected chi connectivity index (χ2v) is 4.06. The van der Waals surface area contributed by atoms with Crippen molar-refractivity contribution >= 4 is 0 Å². The molecule has 0 radical (unpaired) electrons. The second-order valence-electron chi connectivity index (χ2n) is 4.06. The zero-order chi connectivity index (χ0) is 10.1. The summed E-state index contributed by atoms with van der Waals surface area (Å²) < 4.78 is 4.91. The first-order valence-electron chi connectivity index (χ1n) is 4.92.